The number of benzene rings is 1. The largest absolute Gasteiger partial charge is 0.480 e. The molecule has 0 heterocycles. The lowest BCUT2D eigenvalue weighted by molar-refractivity contribution is -0.143. The maximum absolute atomic E-state index is 12.8. The molecule has 140 valence electrons. The molecule has 0 saturated heterocycles. The van der Waals surface area contributed by atoms with E-state index in [1.165, 1.54) is 0 Å². The van der Waals surface area contributed by atoms with E-state index in [0.717, 1.165) is 0 Å². The van der Waals surface area contributed by atoms with Gasteiger partial charge in [0.2, 0.25) is 0 Å². The van der Waals surface area contributed by atoms with Gasteiger partial charge in [0.05, 0.1) is 11.1 Å². The summed E-state index contributed by atoms with van der Waals surface area (Å²) in [7, 11) is 0. The van der Waals surface area contributed by atoms with Crippen molar-refractivity contribution in [2.75, 3.05) is 0 Å². The van der Waals surface area contributed by atoms with Crippen LogP contribution in [0.2, 0.25) is 0 Å². The van der Waals surface area contributed by atoms with Gasteiger partial charge in [-0.1, -0.05) is 19.8 Å². The quantitative estimate of drug-likeness (QED) is 0.740. The Bertz CT molecular complexity index is 607. The van der Waals surface area contributed by atoms with E-state index in [-0.39, 0.29) is 24.6 Å². The Labute approximate surface area is 138 Å². The molecule has 25 heavy (non-hydrogen) atoms. The Kier molecular flexibility index (Phi) is 6.44. The number of carboxylic acid groups (broad SMARTS) is 1. The van der Waals surface area contributed by atoms with Gasteiger partial charge in [0, 0.05) is 5.56 Å². The van der Waals surface area contributed by atoms with E-state index in [2.05, 4.69) is 0 Å². The lowest BCUT2D eigenvalue weighted by Gasteiger charge is -2.17. The molecule has 0 aromatic heterocycles. The normalized spacial score (nSPS) is 13.4. The molecule has 0 bridgehead atoms. The molecular weight excluding hydrogens is 356 g/mol. The summed E-state index contributed by atoms with van der Waals surface area (Å²) in [5.74, 6) is -2.75. The molecule has 0 saturated carbocycles. The standard InChI is InChI=1S/C15H15F6NO3/c1-2-3-4-11(13(24)25)22-12(23)8-5-9(14(16,17)18)7-10(6-8)15(19,20)21/h5-7,11H,2-4H2,1H3,(H,22,23)(H,24,25)/t11-/m1/s1. The summed E-state index contributed by atoms with van der Waals surface area (Å²) in [6.45, 7) is 1.75. The van der Waals surface area contributed by atoms with Crippen LogP contribution in [0.25, 0.3) is 0 Å². The van der Waals surface area contributed by atoms with Crippen molar-refractivity contribution in [3.8, 4) is 0 Å². The topological polar surface area (TPSA) is 66.4 Å². The minimum atomic E-state index is -5.09. The van der Waals surface area contributed by atoms with Crippen LogP contribution in [0.5, 0.6) is 0 Å². The molecule has 0 aliphatic rings. The highest BCUT2D eigenvalue weighted by molar-refractivity contribution is 5.97. The molecular formula is C15H15F6NO3. The molecule has 0 radical (unpaired) electrons. The number of alkyl halides is 6. The van der Waals surface area contributed by atoms with Gasteiger partial charge in [-0.15, -0.1) is 0 Å². The molecule has 4 nitrogen and oxygen atoms in total. The molecule has 1 rings (SSSR count). The number of aliphatic carboxylic acids is 1. The number of carbonyl (C=O) groups excluding carboxylic acids is 1. The Morgan fingerprint density at radius 2 is 1.52 bits per heavy atom. The van der Waals surface area contributed by atoms with Crippen molar-refractivity contribution in [3.05, 3.63) is 34.9 Å². The van der Waals surface area contributed by atoms with Gasteiger partial charge in [-0.05, 0) is 24.6 Å². The highest BCUT2D eigenvalue weighted by Crippen LogP contribution is 2.36. The summed E-state index contributed by atoms with van der Waals surface area (Å²) in [5.41, 5.74) is -4.20. The van der Waals surface area contributed by atoms with Gasteiger partial charge in [-0.2, -0.15) is 26.3 Å². The van der Waals surface area contributed by atoms with Crippen molar-refractivity contribution >= 4 is 11.9 Å². The molecule has 10 heteroatoms. The molecule has 0 spiro atoms. The molecule has 1 aromatic rings. The molecule has 0 fully saturated rings. The summed E-state index contributed by atoms with van der Waals surface area (Å²) >= 11 is 0. The van der Waals surface area contributed by atoms with E-state index >= 15 is 0 Å². The number of rotatable bonds is 6. The minimum Gasteiger partial charge on any atom is -0.480 e. The Morgan fingerprint density at radius 1 is 1.04 bits per heavy atom. The highest BCUT2D eigenvalue weighted by atomic mass is 19.4. The number of hydrogen-bond acceptors (Lipinski definition) is 2. The minimum absolute atomic E-state index is 0.00264. The second kappa shape index (κ2) is 7.75. The van der Waals surface area contributed by atoms with Gasteiger partial charge in [-0.3, -0.25) is 4.79 Å². The Morgan fingerprint density at radius 3 is 1.88 bits per heavy atom. The van der Waals surface area contributed by atoms with Crippen molar-refractivity contribution in [2.24, 2.45) is 0 Å². The van der Waals surface area contributed by atoms with Crippen molar-refractivity contribution in [3.63, 3.8) is 0 Å². The molecule has 2 N–H and O–H groups in total. The van der Waals surface area contributed by atoms with Crippen molar-refractivity contribution in [1.82, 2.24) is 5.32 Å². The summed E-state index contributed by atoms with van der Waals surface area (Å²) in [4.78, 5) is 23.0. The number of amides is 1. The third-order valence-corrected chi connectivity index (χ3v) is 3.30. The second-order valence-corrected chi connectivity index (χ2v) is 5.30. The summed E-state index contributed by atoms with van der Waals surface area (Å²) in [6, 6.07) is -1.01. The maximum Gasteiger partial charge on any atom is 0.416 e. The number of carboxylic acids is 1. The Balaban J connectivity index is 3.21. The van der Waals surface area contributed by atoms with Gasteiger partial charge in [-0.25, -0.2) is 4.79 Å². The monoisotopic (exact) mass is 371 g/mol. The predicted molar refractivity (Wildman–Crippen MR) is 74.9 cm³/mol. The number of hydrogen-bond donors (Lipinski definition) is 2. The zero-order chi connectivity index (χ0) is 19.4. The number of halogens is 6. The fourth-order valence-corrected chi connectivity index (χ4v) is 1.99. The smallest absolute Gasteiger partial charge is 0.416 e. The lowest BCUT2D eigenvalue weighted by atomic mass is 10.0. The SMILES string of the molecule is CCCC[C@@H](NC(=O)c1cc(C(F)(F)F)cc(C(F)(F)F)c1)C(=O)O. The van der Waals surface area contributed by atoms with E-state index in [4.69, 9.17) is 5.11 Å². The summed E-state index contributed by atoms with van der Waals surface area (Å²) in [6.07, 6.45) is -9.17. The van der Waals surface area contributed by atoms with E-state index < -0.39 is 47.0 Å². The average molecular weight is 371 g/mol. The van der Waals surface area contributed by atoms with E-state index in [9.17, 15) is 35.9 Å². The number of unbranched alkanes of at least 4 members (excludes halogenated alkanes) is 1. The first kappa shape index (κ1) is 20.8. The first-order valence-corrected chi connectivity index (χ1v) is 7.19. The Hall–Kier alpha value is -2.26. The van der Waals surface area contributed by atoms with Gasteiger partial charge in [0.25, 0.3) is 5.91 Å². The third-order valence-electron chi connectivity index (χ3n) is 3.30. The van der Waals surface area contributed by atoms with Crippen LogP contribution in [-0.2, 0) is 17.1 Å². The predicted octanol–water partition coefficient (Wildman–Crippen LogP) is 4.10. The highest BCUT2D eigenvalue weighted by Gasteiger charge is 2.37. The van der Waals surface area contributed by atoms with Crippen molar-refractivity contribution < 1.29 is 41.0 Å². The molecule has 0 aliphatic heterocycles. The van der Waals surface area contributed by atoms with Crippen LogP contribution in [0.1, 0.15) is 47.7 Å². The second-order valence-electron chi connectivity index (χ2n) is 5.30. The van der Waals surface area contributed by atoms with Gasteiger partial charge < -0.3 is 10.4 Å². The van der Waals surface area contributed by atoms with Crippen LogP contribution in [0.4, 0.5) is 26.3 Å². The number of carbonyl (C=O) groups is 2. The van der Waals surface area contributed by atoms with Crippen molar-refractivity contribution in [1.29, 1.82) is 0 Å². The lowest BCUT2D eigenvalue weighted by Crippen LogP contribution is -2.40. The fraction of sp³-hybridized carbons (Fsp3) is 0.467. The molecule has 0 aliphatic carbocycles. The van der Waals surface area contributed by atoms with Crippen LogP contribution < -0.4 is 5.32 Å². The van der Waals surface area contributed by atoms with E-state index in [1.807, 2.05) is 5.32 Å². The van der Waals surface area contributed by atoms with Crippen LogP contribution in [0.15, 0.2) is 18.2 Å². The number of nitrogens with one attached hydrogen (secondary N) is 1. The summed E-state index contributed by atoms with van der Waals surface area (Å²) in [5, 5.41) is 10.9. The summed E-state index contributed by atoms with van der Waals surface area (Å²) < 4.78 is 76.6. The molecule has 1 aromatic carbocycles. The first-order valence-electron chi connectivity index (χ1n) is 7.19. The van der Waals surface area contributed by atoms with Crippen LogP contribution >= 0.6 is 0 Å². The van der Waals surface area contributed by atoms with Crippen LogP contribution in [0.3, 0.4) is 0 Å². The zero-order valence-corrected chi connectivity index (χ0v) is 13.0. The molecule has 1 atom stereocenters. The average Bonchev–Trinajstić information content (AvgIpc) is 2.48. The van der Waals surface area contributed by atoms with Gasteiger partial charge in [0.1, 0.15) is 6.04 Å². The first-order chi connectivity index (χ1) is 11.4. The van der Waals surface area contributed by atoms with E-state index in [0.29, 0.717) is 12.8 Å². The maximum atomic E-state index is 12.8. The van der Waals surface area contributed by atoms with Crippen LogP contribution in [-0.4, -0.2) is 23.0 Å². The molecule has 1 amide bonds. The van der Waals surface area contributed by atoms with Crippen LogP contribution in [0, 0.1) is 0 Å². The fourth-order valence-electron chi connectivity index (χ4n) is 1.99. The zero-order valence-electron chi connectivity index (χ0n) is 13.0. The van der Waals surface area contributed by atoms with Gasteiger partial charge >= 0.3 is 18.3 Å². The molecule has 0 unspecified atom stereocenters. The van der Waals surface area contributed by atoms with E-state index in [1.54, 1.807) is 6.92 Å². The van der Waals surface area contributed by atoms with Crippen molar-refractivity contribution in [2.45, 2.75) is 44.6 Å². The van der Waals surface area contributed by atoms with Gasteiger partial charge in [0.15, 0.2) is 0 Å². The third kappa shape index (κ3) is 5.95.